The van der Waals surface area contributed by atoms with Crippen LogP contribution < -0.4 is 0 Å². The molecule has 0 fully saturated rings. The first-order chi connectivity index (χ1) is 8.15. The summed E-state index contributed by atoms with van der Waals surface area (Å²) in [7, 11) is 0. The molecule has 0 aromatic heterocycles. The molecule has 0 aliphatic heterocycles. The van der Waals surface area contributed by atoms with Gasteiger partial charge in [-0.3, -0.25) is 4.79 Å². The summed E-state index contributed by atoms with van der Waals surface area (Å²) in [4.78, 5) is 11.9. The minimum absolute atomic E-state index is 0.0547. The van der Waals surface area contributed by atoms with E-state index < -0.39 is 6.10 Å². The monoisotopic (exact) mass is 236 g/mol. The first-order valence-corrected chi connectivity index (χ1v) is 6.76. The zero-order valence-corrected chi connectivity index (χ0v) is 11.0. The van der Waals surface area contributed by atoms with Crippen LogP contribution >= 0.6 is 0 Å². The third-order valence-electron chi connectivity index (χ3n) is 3.28. The van der Waals surface area contributed by atoms with E-state index in [0.29, 0.717) is 6.42 Å². The molecule has 1 rings (SSSR count). The Labute approximate surface area is 104 Å². The molecule has 0 spiro atoms. The van der Waals surface area contributed by atoms with E-state index in [-0.39, 0.29) is 11.7 Å². The van der Waals surface area contributed by atoms with Crippen molar-refractivity contribution in [3.8, 4) is 0 Å². The second-order valence-electron chi connectivity index (χ2n) is 4.92. The summed E-state index contributed by atoms with van der Waals surface area (Å²) in [6, 6.07) is 0. The van der Waals surface area contributed by atoms with E-state index in [4.69, 9.17) is 0 Å². The summed E-state index contributed by atoms with van der Waals surface area (Å²) in [6.45, 7) is 4.12. The molecule has 0 saturated carbocycles. The zero-order valence-electron chi connectivity index (χ0n) is 11.0. The van der Waals surface area contributed by atoms with Gasteiger partial charge in [0.15, 0.2) is 5.78 Å². The van der Waals surface area contributed by atoms with Gasteiger partial charge in [0.25, 0.3) is 0 Å². The van der Waals surface area contributed by atoms with Crippen LogP contribution in [-0.4, -0.2) is 17.0 Å². The molecule has 2 atom stereocenters. The number of carbonyl (C=O) groups is 1. The maximum absolute atomic E-state index is 11.9. The van der Waals surface area contributed by atoms with E-state index >= 15 is 0 Å². The van der Waals surface area contributed by atoms with E-state index in [9.17, 15) is 9.90 Å². The van der Waals surface area contributed by atoms with Crippen molar-refractivity contribution in [2.24, 2.45) is 5.92 Å². The van der Waals surface area contributed by atoms with Gasteiger partial charge in [-0.05, 0) is 6.42 Å². The molecule has 96 valence electrons. The molecule has 2 heteroatoms. The predicted octanol–water partition coefficient (Wildman–Crippen LogP) is 3.41. The first-order valence-electron chi connectivity index (χ1n) is 6.76. The summed E-state index contributed by atoms with van der Waals surface area (Å²) in [5.74, 6) is 0.274. The number of Topliss-reactive ketones (excluding diaryl/α,β-unsaturated/α-hetero) is 1. The van der Waals surface area contributed by atoms with Crippen molar-refractivity contribution < 1.29 is 9.90 Å². The molecule has 0 saturated heterocycles. The molecule has 0 bridgehead atoms. The number of aliphatic hydroxyl groups excluding tert-OH is 1. The van der Waals surface area contributed by atoms with Gasteiger partial charge in [-0.1, -0.05) is 57.8 Å². The van der Waals surface area contributed by atoms with Gasteiger partial charge in [0.1, 0.15) is 0 Å². The van der Waals surface area contributed by atoms with Gasteiger partial charge in [-0.2, -0.15) is 0 Å². The van der Waals surface area contributed by atoms with Crippen molar-refractivity contribution in [1.82, 2.24) is 0 Å². The molecule has 1 aliphatic rings. The van der Waals surface area contributed by atoms with Crippen LogP contribution in [0, 0.1) is 5.92 Å². The van der Waals surface area contributed by atoms with Gasteiger partial charge in [-0.15, -0.1) is 0 Å². The predicted molar refractivity (Wildman–Crippen MR) is 70.8 cm³/mol. The van der Waals surface area contributed by atoms with E-state index in [2.05, 4.69) is 6.92 Å². The lowest BCUT2D eigenvalue weighted by atomic mass is 9.92. The third kappa shape index (κ3) is 4.86. The number of unbranched alkanes of at least 4 members (excludes halogenated alkanes) is 4. The second kappa shape index (κ2) is 7.44. The number of ketones is 1. The molecular formula is C15H24O2. The summed E-state index contributed by atoms with van der Waals surface area (Å²) in [5.41, 5.74) is 0.776. The fourth-order valence-corrected chi connectivity index (χ4v) is 2.03. The van der Waals surface area contributed by atoms with Crippen molar-refractivity contribution in [1.29, 1.82) is 0 Å². The van der Waals surface area contributed by atoms with E-state index in [1.54, 1.807) is 12.2 Å². The van der Waals surface area contributed by atoms with Crippen LogP contribution in [0.15, 0.2) is 23.8 Å². The molecule has 1 aliphatic carbocycles. The summed E-state index contributed by atoms with van der Waals surface area (Å²) >= 11 is 0. The maximum Gasteiger partial charge on any atom is 0.162 e. The van der Waals surface area contributed by atoms with Crippen LogP contribution in [0.4, 0.5) is 0 Å². The molecule has 17 heavy (non-hydrogen) atoms. The topological polar surface area (TPSA) is 37.3 Å². The zero-order chi connectivity index (χ0) is 12.7. The molecule has 0 heterocycles. The number of hydrogen-bond acceptors (Lipinski definition) is 2. The van der Waals surface area contributed by atoms with Gasteiger partial charge < -0.3 is 5.11 Å². The molecule has 0 aromatic carbocycles. The first kappa shape index (κ1) is 14.2. The van der Waals surface area contributed by atoms with Gasteiger partial charge >= 0.3 is 0 Å². The Bertz CT molecular complexity index is 302. The number of rotatable bonds is 7. The van der Waals surface area contributed by atoms with Crippen LogP contribution in [0.3, 0.4) is 0 Å². The Morgan fingerprint density at radius 3 is 2.65 bits per heavy atom. The van der Waals surface area contributed by atoms with Gasteiger partial charge in [-0.25, -0.2) is 0 Å². The van der Waals surface area contributed by atoms with E-state index in [1.165, 1.54) is 19.3 Å². The van der Waals surface area contributed by atoms with Crippen molar-refractivity contribution in [2.45, 2.75) is 58.5 Å². The normalized spacial score (nSPS) is 23.6. The Balaban J connectivity index is 2.29. The minimum Gasteiger partial charge on any atom is -0.388 e. The average molecular weight is 236 g/mol. The van der Waals surface area contributed by atoms with Crippen molar-refractivity contribution >= 4 is 5.78 Å². The Morgan fingerprint density at radius 2 is 2.00 bits per heavy atom. The molecule has 2 nitrogen and oxygen atoms in total. The van der Waals surface area contributed by atoms with Gasteiger partial charge in [0, 0.05) is 17.9 Å². The van der Waals surface area contributed by atoms with Crippen molar-refractivity contribution in [3.63, 3.8) is 0 Å². The number of hydrogen-bond donors (Lipinski definition) is 1. The molecule has 2 unspecified atom stereocenters. The standard InChI is InChI=1S/C15H24O2/c1-3-4-5-6-7-8-15(17)13-9-10-14(16)12(2)11-13/h9-12,14,16H,3-8H2,1-2H3. The lowest BCUT2D eigenvalue weighted by Gasteiger charge is -2.17. The van der Waals surface area contributed by atoms with E-state index in [0.717, 1.165) is 18.4 Å². The summed E-state index contributed by atoms with van der Waals surface area (Å²) < 4.78 is 0. The number of carbonyl (C=O) groups excluding carboxylic acids is 1. The quantitative estimate of drug-likeness (QED) is 0.688. The SMILES string of the molecule is CCCCCCCC(=O)C1=CC(C)C(O)C=C1. The largest absolute Gasteiger partial charge is 0.388 e. The number of allylic oxidation sites excluding steroid dienone is 2. The highest BCUT2D eigenvalue weighted by Gasteiger charge is 2.17. The van der Waals surface area contributed by atoms with Gasteiger partial charge in [0.05, 0.1) is 6.10 Å². The molecule has 0 radical (unpaired) electrons. The fraction of sp³-hybridized carbons (Fsp3) is 0.667. The minimum atomic E-state index is -0.434. The van der Waals surface area contributed by atoms with Crippen LogP contribution in [0.1, 0.15) is 52.4 Å². The van der Waals surface area contributed by atoms with Crippen LogP contribution in [0.25, 0.3) is 0 Å². The summed E-state index contributed by atoms with van der Waals surface area (Å²) in [5, 5.41) is 9.51. The highest BCUT2D eigenvalue weighted by Crippen LogP contribution is 2.19. The van der Waals surface area contributed by atoms with E-state index in [1.807, 2.05) is 13.0 Å². The Morgan fingerprint density at radius 1 is 1.29 bits per heavy atom. The average Bonchev–Trinajstić information content (AvgIpc) is 2.32. The maximum atomic E-state index is 11.9. The van der Waals surface area contributed by atoms with Crippen LogP contribution in [0.2, 0.25) is 0 Å². The Hall–Kier alpha value is -0.890. The molecular weight excluding hydrogens is 212 g/mol. The second-order valence-corrected chi connectivity index (χ2v) is 4.92. The fourth-order valence-electron chi connectivity index (χ4n) is 2.03. The van der Waals surface area contributed by atoms with Gasteiger partial charge in [0.2, 0.25) is 0 Å². The van der Waals surface area contributed by atoms with Crippen molar-refractivity contribution in [3.05, 3.63) is 23.8 Å². The van der Waals surface area contributed by atoms with Crippen LogP contribution in [-0.2, 0) is 4.79 Å². The number of aliphatic hydroxyl groups is 1. The van der Waals surface area contributed by atoms with Crippen molar-refractivity contribution in [2.75, 3.05) is 0 Å². The Kier molecular flexibility index (Phi) is 6.20. The lowest BCUT2D eigenvalue weighted by Crippen LogP contribution is -2.18. The molecule has 1 N–H and O–H groups in total. The summed E-state index contributed by atoms with van der Waals surface area (Å²) in [6.07, 6.45) is 11.4. The molecule has 0 amide bonds. The van der Waals surface area contributed by atoms with Crippen LogP contribution in [0.5, 0.6) is 0 Å². The highest BCUT2D eigenvalue weighted by atomic mass is 16.3. The smallest absolute Gasteiger partial charge is 0.162 e. The lowest BCUT2D eigenvalue weighted by molar-refractivity contribution is -0.115. The highest BCUT2D eigenvalue weighted by molar-refractivity contribution is 5.98. The molecule has 0 aromatic rings. The third-order valence-corrected chi connectivity index (χ3v) is 3.28.